The van der Waals surface area contributed by atoms with Crippen LogP contribution in [0.4, 0.5) is 5.69 Å². The maximum Gasteiger partial charge on any atom is 0.227 e. The first-order chi connectivity index (χ1) is 16.2. The number of rotatable bonds is 8. The van der Waals surface area contributed by atoms with Crippen molar-refractivity contribution in [2.45, 2.75) is 32.9 Å². The number of aromatic nitrogens is 3. The minimum absolute atomic E-state index is 0. The average Bonchev–Trinajstić information content (AvgIpc) is 3.50. The summed E-state index contributed by atoms with van der Waals surface area (Å²) in [5, 5.41) is 13.8. The van der Waals surface area contributed by atoms with E-state index in [0.29, 0.717) is 37.1 Å². The van der Waals surface area contributed by atoms with Crippen molar-refractivity contribution in [1.29, 1.82) is 0 Å². The molecule has 3 N–H and O–H groups in total. The number of carbonyl (C=O) groups excluding carboxylic acids is 1. The first-order valence-corrected chi connectivity index (χ1v) is 11.1. The van der Waals surface area contributed by atoms with E-state index in [2.05, 4.69) is 30.8 Å². The monoisotopic (exact) mass is 575 g/mol. The maximum absolute atomic E-state index is 11.9. The van der Waals surface area contributed by atoms with Gasteiger partial charge in [-0.15, -0.1) is 24.0 Å². The molecule has 180 valence electrons. The van der Waals surface area contributed by atoms with E-state index < -0.39 is 0 Å². The van der Waals surface area contributed by atoms with Crippen molar-refractivity contribution in [3.8, 4) is 17.1 Å². The predicted octanol–water partition coefficient (Wildman–Crippen LogP) is 3.48. The van der Waals surface area contributed by atoms with E-state index in [-0.39, 0.29) is 29.9 Å². The Morgan fingerprint density at radius 3 is 2.56 bits per heavy atom. The zero-order chi connectivity index (χ0) is 23.0. The van der Waals surface area contributed by atoms with Gasteiger partial charge in [-0.05, 0) is 55.3 Å². The topological polar surface area (TPSA) is 108 Å². The van der Waals surface area contributed by atoms with E-state index in [1.54, 1.807) is 7.11 Å². The molecule has 1 amide bonds. The van der Waals surface area contributed by atoms with Crippen molar-refractivity contribution >= 4 is 41.5 Å². The number of halogens is 1. The summed E-state index contributed by atoms with van der Waals surface area (Å²) >= 11 is 0. The van der Waals surface area contributed by atoms with Crippen molar-refractivity contribution in [1.82, 2.24) is 25.8 Å². The maximum atomic E-state index is 11.9. The van der Waals surface area contributed by atoms with Gasteiger partial charge in [0, 0.05) is 30.8 Å². The number of nitrogens with one attached hydrogen (secondary N) is 3. The van der Waals surface area contributed by atoms with Gasteiger partial charge in [0.1, 0.15) is 11.6 Å². The van der Waals surface area contributed by atoms with Crippen molar-refractivity contribution in [2.24, 2.45) is 4.99 Å². The fourth-order valence-electron chi connectivity index (χ4n) is 3.63. The number of hydrogen-bond donors (Lipinski definition) is 3. The highest BCUT2D eigenvalue weighted by molar-refractivity contribution is 14.0. The van der Waals surface area contributed by atoms with Crippen LogP contribution in [0.5, 0.6) is 5.75 Å². The van der Waals surface area contributed by atoms with Gasteiger partial charge in [-0.25, -0.2) is 9.98 Å². The Morgan fingerprint density at radius 2 is 1.91 bits per heavy atom. The molecular formula is C24H30IN7O2. The third-order valence-corrected chi connectivity index (χ3v) is 5.39. The third-order valence-electron chi connectivity index (χ3n) is 5.39. The standard InChI is InChI=1S/C24H29N7O2.HI/c1-3-25-24(26-15-17-6-10-19(11-7-17)31-14-4-5-22(31)32)27-16-21-28-23(30-29-21)18-8-12-20(33-2)13-9-18;/h6-13H,3-5,14-16H2,1-2H3,(H2,25,26,27)(H,28,29,30);1H. The number of anilines is 1. The van der Waals surface area contributed by atoms with Crippen LogP contribution in [0.3, 0.4) is 0 Å². The van der Waals surface area contributed by atoms with Crippen LogP contribution in [0.1, 0.15) is 31.2 Å². The number of hydrogen-bond acceptors (Lipinski definition) is 5. The molecule has 1 aliphatic rings. The van der Waals surface area contributed by atoms with Crippen molar-refractivity contribution in [3.05, 3.63) is 59.9 Å². The van der Waals surface area contributed by atoms with E-state index in [1.165, 1.54) is 0 Å². The van der Waals surface area contributed by atoms with Gasteiger partial charge in [-0.1, -0.05) is 12.1 Å². The minimum Gasteiger partial charge on any atom is -0.497 e. The molecule has 0 aliphatic carbocycles. The third kappa shape index (κ3) is 6.46. The molecule has 0 unspecified atom stereocenters. The molecule has 0 bridgehead atoms. The molecule has 1 aromatic heterocycles. The number of aliphatic imine (C=N–C) groups is 1. The second kappa shape index (κ2) is 12.4. The van der Waals surface area contributed by atoms with Crippen molar-refractivity contribution in [2.75, 3.05) is 25.1 Å². The Hall–Kier alpha value is -3.15. The van der Waals surface area contributed by atoms with Crippen LogP contribution in [0, 0.1) is 0 Å². The SMILES string of the molecule is CCNC(=NCc1ccc(N2CCCC2=O)cc1)NCc1nc(-c2ccc(OC)cc2)n[nH]1.I. The van der Waals surface area contributed by atoms with Crippen LogP contribution in [-0.4, -0.2) is 47.2 Å². The molecule has 0 saturated carbocycles. The van der Waals surface area contributed by atoms with E-state index in [0.717, 1.165) is 42.1 Å². The molecule has 1 saturated heterocycles. The summed E-state index contributed by atoms with van der Waals surface area (Å²) in [6.45, 7) is 4.55. The number of nitrogens with zero attached hydrogens (tertiary/aromatic N) is 4. The van der Waals surface area contributed by atoms with Crippen molar-refractivity contribution < 1.29 is 9.53 Å². The Kier molecular flexibility index (Phi) is 9.25. The number of aromatic amines is 1. The van der Waals surface area contributed by atoms with Gasteiger partial charge in [0.2, 0.25) is 5.91 Å². The lowest BCUT2D eigenvalue weighted by atomic mass is 10.2. The molecule has 1 aliphatic heterocycles. The second-order valence-electron chi connectivity index (χ2n) is 7.70. The summed E-state index contributed by atoms with van der Waals surface area (Å²) in [7, 11) is 1.64. The summed E-state index contributed by atoms with van der Waals surface area (Å²) in [5.41, 5.74) is 2.94. The lowest BCUT2D eigenvalue weighted by Crippen LogP contribution is -2.37. The lowest BCUT2D eigenvalue weighted by Gasteiger charge is -2.15. The highest BCUT2D eigenvalue weighted by Crippen LogP contribution is 2.22. The summed E-state index contributed by atoms with van der Waals surface area (Å²) in [6.07, 6.45) is 1.56. The van der Waals surface area contributed by atoms with Crippen LogP contribution < -0.4 is 20.3 Å². The molecule has 2 aromatic carbocycles. The normalized spacial score (nSPS) is 13.5. The zero-order valence-corrected chi connectivity index (χ0v) is 21.7. The Bertz CT molecular complexity index is 1100. The molecule has 3 aromatic rings. The number of benzene rings is 2. The summed E-state index contributed by atoms with van der Waals surface area (Å²) in [6, 6.07) is 15.6. The van der Waals surface area contributed by atoms with Gasteiger partial charge < -0.3 is 20.3 Å². The Labute approximate surface area is 216 Å². The molecule has 10 heteroatoms. The van der Waals surface area contributed by atoms with Gasteiger partial charge in [0.25, 0.3) is 0 Å². The largest absolute Gasteiger partial charge is 0.497 e. The number of ether oxygens (including phenoxy) is 1. The molecule has 0 radical (unpaired) electrons. The molecule has 4 rings (SSSR count). The first-order valence-electron chi connectivity index (χ1n) is 11.1. The smallest absolute Gasteiger partial charge is 0.227 e. The van der Waals surface area contributed by atoms with Crippen LogP contribution in [0.25, 0.3) is 11.4 Å². The molecule has 0 spiro atoms. The van der Waals surface area contributed by atoms with Crippen LogP contribution in [0.2, 0.25) is 0 Å². The fraction of sp³-hybridized carbons (Fsp3) is 0.333. The summed E-state index contributed by atoms with van der Waals surface area (Å²) < 4.78 is 5.19. The van der Waals surface area contributed by atoms with E-state index in [1.807, 2.05) is 60.4 Å². The number of H-pyrrole nitrogens is 1. The van der Waals surface area contributed by atoms with E-state index >= 15 is 0 Å². The second-order valence-corrected chi connectivity index (χ2v) is 7.70. The fourth-order valence-corrected chi connectivity index (χ4v) is 3.63. The van der Waals surface area contributed by atoms with Crippen molar-refractivity contribution in [3.63, 3.8) is 0 Å². The van der Waals surface area contributed by atoms with Gasteiger partial charge >= 0.3 is 0 Å². The number of methoxy groups -OCH3 is 1. The summed E-state index contributed by atoms with van der Waals surface area (Å²) in [4.78, 5) is 23.0. The average molecular weight is 575 g/mol. The predicted molar refractivity (Wildman–Crippen MR) is 143 cm³/mol. The van der Waals surface area contributed by atoms with Crippen LogP contribution in [-0.2, 0) is 17.9 Å². The molecule has 1 fully saturated rings. The molecule has 9 nitrogen and oxygen atoms in total. The van der Waals surface area contributed by atoms with E-state index in [4.69, 9.17) is 4.74 Å². The Balaban J connectivity index is 0.00000324. The molecule has 2 heterocycles. The molecular weight excluding hydrogens is 545 g/mol. The molecule has 0 atom stereocenters. The highest BCUT2D eigenvalue weighted by atomic mass is 127. The number of amides is 1. The lowest BCUT2D eigenvalue weighted by molar-refractivity contribution is -0.117. The highest BCUT2D eigenvalue weighted by Gasteiger charge is 2.21. The van der Waals surface area contributed by atoms with Gasteiger partial charge in [-0.2, -0.15) is 5.10 Å². The minimum atomic E-state index is 0. The molecule has 34 heavy (non-hydrogen) atoms. The van der Waals surface area contributed by atoms with Crippen LogP contribution >= 0.6 is 24.0 Å². The van der Waals surface area contributed by atoms with E-state index in [9.17, 15) is 4.79 Å². The number of guanidine groups is 1. The summed E-state index contributed by atoms with van der Waals surface area (Å²) in [5.74, 6) is 3.03. The number of carbonyl (C=O) groups is 1. The van der Waals surface area contributed by atoms with Gasteiger partial charge in [-0.3, -0.25) is 9.89 Å². The zero-order valence-electron chi connectivity index (χ0n) is 19.4. The van der Waals surface area contributed by atoms with Crippen LogP contribution in [0.15, 0.2) is 53.5 Å². The van der Waals surface area contributed by atoms with Gasteiger partial charge in [0.05, 0.1) is 20.2 Å². The quantitative estimate of drug-likeness (QED) is 0.216. The first kappa shape index (κ1) is 25.5. The van der Waals surface area contributed by atoms with Gasteiger partial charge in [0.15, 0.2) is 11.8 Å². The Morgan fingerprint density at radius 1 is 1.15 bits per heavy atom.